The Balaban J connectivity index is 2.14. The second-order valence-corrected chi connectivity index (χ2v) is 6.68. The Morgan fingerprint density at radius 1 is 1.18 bits per heavy atom. The van der Waals surface area contributed by atoms with E-state index >= 15 is 0 Å². The first-order valence-corrected chi connectivity index (χ1v) is 8.91. The van der Waals surface area contributed by atoms with Crippen molar-refractivity contribution in [2.24, 2.45) is 0 Å². The molecule has 2 rings (SSSR count). The molecule has 0 aliphatic rings. The first-order chi connectivity index (χ1) is 13.2. The molecule has 1 N–H and O–H groups in total. The van der Waals surface area contributed by atoms with Crippen molar-refractivity contribution >= 4 is 29.3 Å². The SMILES string of the molecule is COC(=O)c1c(C)[nH]c(C(=O)[C@H](C)OC(=O)Cc2cc(Cl)ccc2OC)c1C. The van der Waals surface area contributed by atoms with E-state index in [0.717, 1.165) is 0 Å². The van der Waals surface area contributed by atoms with Crippen LogP contribution < -0.4 is 4.74 Å². The van der Waals surface area contributed by atoms with Crippen LogP contribution in [-0.4, -0.2) is 43.0 Å². The lowest BCUT2D eigenvalue weighted by Gasteiger charge is -2.13. The third-order valence-electron chi connectivity index (χ3n) is 4.33. The van der Waals surface area contributed by atoms with Gasteiger partial charge in [-0.2, -0.15) is 0 Å². The summed E-state index contributed by atoms with van der Waals surface area (Å²) in [6, 6.07) is 4.91. The molecule has 1 aromatic heterocycles. The molecule has 0 bridgehead atoms. The fourth-order valence-electron chi connectivity index (χ4n) is 2.94. The number of aromatic amines is 1. The van der Waals surface area contributed by atoms with Crippen molar-refractivity contribution in [1.82, 2.24) is 4.98 Å². The lowest BCUT2D eigenvalue weighted by atomic mass is 10.1. The number of Topliss-reactive ketones (excluding diaryl/α,β-unsaturated/α-hetero) is 1. The van der Waals surface area contributed by atoms with Crippen LogP contribution in [0.5, 0.6) is 5.75 Å². The zero-order valence-corrected chi connectivity index (χ0v) is 17.1. The molecule has 7 nitrogen and oxygen atoms in total. The van der Waals surface area contributed by atoms with Crippen molar-refractivity contribution in [3.63, 3.8) is 0 Å². The van der Waals surface area contributed by atoms with Gasteiger partial charge in [0.05, 0.1) is 31.9 Å². The number of aryl methyl sites for hydroxylation is 1. The summed E-state index contributed by atoms with van der Waals surface area (Å²) >= 11 is 5.96. The minimum Gasteiger partial charge on any atom is -0.496 e. The molecule has 0 saturated heterocycles. The van der Waals surface area contributed by atoms with Gasteiger partial charge in [0.25, 0.3) is 0 Å². The summed E-state index contributed by atoms with van der Waals surface area (Å²) in [6.07, 6.45) is -1.14. The van der Waals surface area contributed by atoms with Gasteiger partial charge in [0.2, 0.25) is 5.78 Å². The fourth-order valence-corrected chi connectivity index (χ4v) is 3.14. The molecule has 1 heterocycles. The Labute approximate surface area is 167 Å². The highest BCUT2D eigenvalue weighted by atomic mass is 35.5. The van der Waals surface area contributed by atoms with E-state index in [4.69, 9.17) is 25.8 Å². The van der Waals surface area contributed by atoms with Crippen molar-refractivity contribution in [2.45, 2.75) is 33.3 Å². The van der Waals surface area contributed by atoms with Gasteiger partial charge in [-0.1, -0.05) is 11.6 Å². The van der Waals surface area contributed by atoms with E-state index in [0.29, 0.717) is 33.2 Å². The molecule has 0 fully saturated rings. The van der Waals surface area contributed by atoms with Crippen LogP contribution in [0, 0.1) is 13.8 Å². The number of carbonyl (C=O) groups is 3. The van der Waals surface area contributed by atoms with Crippen LogP contribution in [0.25, 0.3) is 0 Å². The first-order valence-electron chi connectivity index (χ1n) is 8.53. The third kappa shape index (κ3) is 4.54. The van der Waals surface area contributed by atoms with Gasteiger partial charge >= 0.3 is 11.9 Å². The van der Waals surface area contributed by atoms with E-state index in [2.05, 4.69) is 4.98 Å². The number of methoxy groups -OCH3 is 2. The van der Waals surface area contributed by atoms with Crippen molar-refractivity contribution in [3.8, 4) is 5.75 Å². The molecule has 28 heavy (non-hydrogen) atoms. The second-order valence-electron chi connectivity index (χ2n) is 6.25. The third-order valence-corrected chi connectivity index (χ3v) is 4.56. The standard InChI is InChI=1S/C20H22ClNO6/c1-10-17(20(25)27-5)11(2)22-18(10)19(24)12(3)28-16(23)9-13-8-14(21)6-7-15(13)26-4/h6-8,12,22H,9H2,1-5H3/t12-/m0/s1. The quantitative estimate of drug-likeness (QED) is 0.558. The monoisotopic (exact) mass is 407 g/mol. The number of halogens is 1. The van der Waals surface area contributed by atoms with Crippen LogP contribution in [0.4, 0.5) is 0 Å². The summed E-state index contributed by atoms with van der Waals surface area (Å²) in [5.41, 5.74) is 2.02. The average Bonchev–Trinajstić information content (AvgIpc) is 2.94. The molecule has 0 amide bonds. The predicted octanol–water partition coefficient (Wildman–Crippen LogP) is 3.44. The van der Waals surface area contributed by atoms with Gasteiger partial charge in [0.15, 0.2) is 6.10 Å². The highest BCUT2D eigenvalue weighted by Crippen LogP contribution is 2.24. The van der Waals surface area contributed by atoms with Crippen molar-refractivity contribution in [1.29, 1.82) is 0 Å². The zero-order chi connectivity index (χ0) is 21.0. The van der Waals surface area contributed by atoms with Crippen LogP contribution in [-0.2, 0) is 20.7 Å². The first kappa shape index (κ1) is 21.5. The van der Waals surface area contributed by atoms with Gasteiger partial charge in [-0.05, 0) is 44.5 Å². The van der Waals surface area contributed by atoms with E-state index in [9.17, 15) is 14.4 Å². The molecular formula is C20H22ClNO6. The smallest absolute Gasteiger partial charge is 0.339 e. The molecule has 150 valence electrons. The van der Waals surface area contributed by atoms with Crippen LogP contribution in [0.1, 0.15) is 44.6 Å². The number of H-pyrrole nitrogens is 1. The van der Waals surface area contributed by atoms with E-state index < -0.39 is 23.8 Å². The largest absolute Gasteiger partial charge is 0.496 e. The molecule has 0 aliphatic carbocycles. The second kappa shape index (κ2) is 8.93. The number of carbonyl (C=O) groups excluding carboxylic acids is 3. The normalized spacial score (nSPS) is 11.6. The lowest BCUT2D eigenvalue weighted by molar-refractivity contribution is -0.145. The molecule has 0 spiro atoms. The van der Waals surface area contributed by atoms with Crippen molar-refractivity contribution in [2.75, 3.05) is 14.2 Å². The van der Waals surface area contributed by atoms with Gasteiger partial charge in [0, 0.05) is 16.3 Å². The molecule has 0 unspecified atom stereocenters. The van der Waals surface area contributed by atoms with Crippen LogP contribution >= 0.6 is 11.6 Å². The number of ether oxygens (including phenoxy) is 3. The maximum absolute atomic E-state index is 12.7. The number of hydrogen-bond donors (Lipinski definition) is 1. The number of hydrogen-bond acceptors (Lipinski definition) is 6. The summed E-state index contributed by atoms with van der Waals surface area (Å²) in [7, 11) is 2.75. The molecular weight excluding hydrogens is 386 g/mol. The number of aromatic nitrogens is 1. The van der Waals surface area contributed by atoms with E-state index in [1.165, 1.54) is 21.1 Å². The van der Waals surface area contributed by atoms with Crippen molar-refractivity contribution in [3.05, 3.63) is 51.3 Å². The summed E-state index contributed by atoms with van der Waals surface area (Å²) in [4.78, 5) is 39.7. The maximum atomic E-state index is 12.7. The van der Waals surface area contributed by atoms with Crippen LogP contribution in [0.2, 0.25) is 5.02 Å². The van der Waals surface area contributed by atoms with Gasteiger partial charge in [-0.3, -0.25) is 9.59 Å². The minimum absolute atomic E-state index is 0.0997. The lowest BCUT2D eigenvalue weighted by Crippen LogP contribution is -2.26. The van der Waals surface area contributed by atoms with Gasteiger partial charge in [-0.15, -0.1) is 0 Å². The molecule has 8 heteroatoms. The summed E-state index contributed by atoms with van der Waals surface area (Å²) in [5.74, 6) is -1.08. The summed E-state index contributed by atoms with van der Waals surface area (Å²) < 4.78 is 15.2. The molecule has 0 saturated carbocycles. The summed E-state index contributed by atoms with van der Waals surface area (Å²) in [5, 5.41) is 0.459. The fraction of sp³-hybridized carbons (Fsp3) is 0.350. The van der Waals surface area contributed by atoms with E-state index in [1.54, 1.807) is 32.0 Å². The molecule has 1 atom stereocenters. The highest BCUT2D eigenvalue weighted by Gasteiger charge is 2.27. The molecule has 0 radical (unpaired) electrons. The predicted molar refractivity (Wildman–Crippen MR) is 103 cm³/mol. The minimum atomic E-state index is -1.04. The Morgan fingerprint density at radius 3 is 2.46 bits per heavy atom. The van der Waals surface area contributed by atoms with Crippen LogP contribution in [0.3, 0.4) is 0 Å². The number of ketones is 1. The van der Waals surface area contributed by atoms with Gasteiger partial charge < -0.3 is 19.2 Å². The molecule has 2 aromatic rings. The van der Waals surface area contributed by atoms with Gasteiger partial charge in [-0.25, -0.2) is 4.79 Å². The summed E-state index contributed by atoms with van der Waals surface area (Å²) in [6.45, 7) is 4.77. The van der Waals surface area contributed by atoms with E-state index in [1.807, 2.05) is 0 Å². The average molecular weight is 408 g/mol. The highest BCUT2D eigenvalue weighted by molar-refractivity contribution is 6.30. The number of rotatable bonds is 7. The number of nitrogens with one attached hydrogen (secondary N) is 1. The Morgan fingerprint density at radius 2 is 1.86 bits per heavy atom. The Kier molecular flexibility index (Phi) is 6.85. The Hall–Kier alpha value is -2.80. The number of benzene rings is 1. The molecule has 1 aromatic carbocycles. The van der Waals surface area contributed by atoms with Gasteiger partial charge in [0.1, 0.15) is 5.75 Å². The zero-order valence-electron chi connectivity index (χ0n) is 16.3. The van der Waals surface area contributed by atoms with Crippen LogP contribution in [0.15, 0.2) is 18.2 Å². The Bertz CT molecular complexity index is 918. The molecule has 0 aliphatic heterocycles. The van der Waals surface area contributed by atoms with Crippen molar-refractivity contribution < 1.29 is 28.6 Å². The maximum Gasteiger partial charge on any atom is 0.339 e. The number of esters is 2. The topological polar surface area (TPSA) is 94.7 Å². The van der Waals surface area contributed by atoms with E-state index in [-0.39, 0.29) is 12.1 Å².